The highest BCUT2D eigenvalue weighted by Crippen LogP contribution is 2.49. The van der Waals surface area contributed by atoms with Gasteiger partial charge in [0.15, 0.2) is 17.3 Å². The maximum absolute atomic E-state index is 13.5. The van der Waals surface area contributed by atoms with Gasteiger partial charge in [0.2, 0.25) is 0 Å². The number of fused-ring (bicyclic) bond motifs is 2. The highest BCUT2D eigenvalue weighted by molar-refractivity contribution is 6.32. The molecule has 1 N–H and O–H groups in total. The van der Waals surface area contributed by atoms with Crippen LogP contribution < -0.4 is 14.8 Å². The zero-order chi connectivity index (χ0) is 23.0. The molecule has 0 spiro atoms. The number of benzene rings is 2. The predicted octanol–water partition coefficient (Wildman–Crippen LogP) is 4.65. The predicted molar refractivity (Wildman–Crippen MR) is 122 cm³/mol. The molecule has 2 aromatic carbocycles. The molecule has 0 unspecified atom stereocenters. The summed E-state index contributed by atoms with van der Waals surface area (Å²) in [5, 5.41) is 3.55. The van der Waals surface area contributed by atoms with E-state index in [1.165, 1.54) is 14.2 Å². The Labute approximate surface area is 191 Å². The minimum absolute atomic E-state index is 0.149. The number of ketones is 1. The van der Waals surface area contributed by atoms with Crippen molar-refractivity contribution in [3.05, 3.63) is 87.6 Å². The van der Waals surface area contributed by atoms with E-state index >= 15 is 0 Å². The quantitative estimate of drug-likeness (QED) is 0.509. The van der Waals surface area contributed by atoms with Crippen molar-refractivity contribution in [2.45, 2.75) is 12.8 Å². The summed E-state index contributed by atoms with van der Waals surface area (Å²) < 4.78 is 16.2. The number of carbonyl (C=O) groups excluding carboxylic acids is 2. The number of halogens is 1. The van der Waals surface area contributed by atoms with Crippen LogP contribution >= 0.6 is 11.6 Å². The van der Waals surface area contributed by atoms with Gasteiger partial charge in [-0.25, -0.2) is 4.79 Å². The van der Waals surface area contributed by atoms with Gasteiger partial charge in [0.25, 0.3) is 0 Å². The van der Waals surface area contributed by atoms with Crippen LogP contribution in [0, 0.1) is 0 Å². The topological polar surface area (TPSA) is 73.9 Å². The van der Waals surface area contributed by atoms with Gasteiger partial charge in [-0.1, -0.05) is 48.5 Å². The average molecular weight is 452 g/mol. The van der Waals surface area contributed by atoms with E-state index in [4.69, 9.17) is 25.8 Å². The lowest BCUT2D eigenvalue weighted by Gasteiger charge is -2.29. The summed E-state index contributed by atoms with van der Waals surface area (Å²) in [6, 6.07) is 10.8. The first-order chi connectivity index (χ1) is 15.4. The number of Topliss-reactive ketones (excluding diaryl/α,β-unsaturated/α-hetero) is 1. The number of nitrogens with one attached hydrogen (secondary N) is 1. The molecule has 4 rings (SSSR count). The third-order valence-corrected chi connectivity index (χ3v) is 5.87. The lowest BCUT2D eigenvalue weighted by molar-refractivity contribution is -0.136. The third kappa shape index (κ3) is 3.37. The van der Waals surface area contributed by atoms with Crippen molar-refractivity contribution in [3.8, 4) is 11.5 Å². The molecule has 0 fully saturated rings. The molecule has 0 saturated carbocycles. The number of hydrogen-bond donors (Lipinski definition) is 1. The minimum Gasteiger partial charge on any atom is -0.493 e. The third-order valence-electron chi connectivity index (χ3n) is 5.58. The first kappa shape index (κ1) is 21.7. The molecule has 32 heavy (non-hydrogen) atoms. The second-order valence-corrected chi connectivity index (χ2v) is 7.79. The molecule has 0 saturated heterocycles. The van der Waals surface area contributed by atoms with Crippen molar-refractivity contribution < 1.29 is 23.8 Å². The van der Waals surface area contributed by atoms with Crippen LogP contribution in [0.3, 0.4) is 0 Å². The molecule has 164 valence electrons. The summed E-state index contributed by atoms with van der Waals surface area (Å²) in [4.78, 5) is 26.3. The molecule has 1 aliphatic heterocycles. The minimum atomic E-state index is -0.696. The Morgan fingerprint density at radius 3 is 2.59 bits per heavy atom. The van der Waals surface area contributed by atoms with E-state index in [-0.39, 0.29) is 12.4 Å². The van der Waals surface area contributed by atoms with Crippen LogP contribution in [-0.2, 0) is 9.53 Å². The van der Waals surface area contributed by atoms with Gasteiger partial charge in [0.05, 0.1) is 30.5 Å². The molecular weight excluding hydrogens is 430 g/mol. The van der Waals surface area contributed by atoms with E-state index < -0.39 is 11.9 Å². The maximum Gasteiger partial charge on any atom is 0.336 e. The summed E-state index contributed by atoms with van der Waals surface area (Å²) in [7, 11) is 2.82. The number of allylic oxidation sites excluding steroid dienone is 2. The standard InChI is InChI=1S/C25H22ClNO5/c1-5-10-32-24-17(26)11-14(12-18(24)30-3)20-19(25(29)31-4)13(2)27-22-15-8-6-7-9-16(15)23(28)21(20)22/h5-9,11-12,20,27H,1,10H2,2-4H3/t20-/m0/s1. The number of ether oxygens (including phenoxy) is 3. The smallest absolute Gasteiger partial charge is 0.336 e. The lowest BCUT2D eigenvalue weighted by atomic mass is 9.79. The van der Waals surface area contributed by atoms with Crippen LogP contribution in [0.4, 0.5) is 0 Å². The summed E-state index contributed by atoms with van der Waals surface area (Å²) in [6.45, 7) is 5.68. The largest absolute Gasteiger partial charge is 0.493 e. The molecule has 6 nitrogen and oxygen atoms in total. The molecule has 1 heterocycles. The highest BCUT2D eigenvalue weighted by atomic mass is 35.5. The number of esters is 1. The Bertz CT molecular complexity index is 1210. The summed E-state index contributed by atoms with van der Waals surface area (Å²) in [6.07, 6.45) is 1.60. The van der Waals surface area contributed by atoms with Crippen molar-refractivity contribution in [1.29, 1.82) is 0 Å². The molecular formula is C25H22ClNO5. The molecule has 0 amide bonds. The van der Waals surface area contributed by atoms with Crippen LogP contribution in [0.2, 0.25) is 5.02 Å². The number of rotatable bonds is 6. The second-order valence-electron chi connectivity index (χ2n) is 7.39. The molecule has 0 aromatic heterocycles. The summed E-state index contributed by atoms with van der Waals surface area (Å²) in [5.74, 6) is -0.623. The van der Waals surface area contributed by atoms with Gasteiger partial charge < -0.3 is 19.5 Å². The van der Waals surface area contributed by atoms with Gasteiger partial charge in [-0.15, -0.1) is 0 Å². The molecule has 2 aromatic rings. The fourth-order valence-corrected chi connectivity index (χ4v) is 4.51. The molecule has 2 aliphatic rings. The van der Waals surface area contributed by atoms with E-state index in [0.717, 1.165) is 5.56 Å². The van der Waals surface area contributed by atoms with Gasteiger partial charge in [-0.2, -0.15) is 0 Å². The van der Waals surface area contributed by atoms with Gasteiger partial charge in [0, 0.05) is 28.3 Å². The van der Waals surface area contributed by atoms with E-state index in [1.54, 1.807) is 31.2 Å². The normalized spacial score (nSPS) is 16.9. The zero-order valence-electron chi connectivity index (χ0n) is 18.0. The molecule has 1 atom stereocenters. The van der Waals surface area contributed by atoms with Gasteiger partial charge in [-0.3, -0.25) is 4.79 Å². The van der Waals surface area contributed by atoms with Gasteiger partial charge in [0.1, 0.15) is 6.61 Å². The van der Waals surface area contributed by atoms with Crippen LogP contribution in [0.25, 0.3) is 5.70 Å². The van der Waals surface area contributed by atoms with E-state index in [0.29, 0.717) is 50.2 Å². The van der Waals surface area contributed by atoms with Crippen molar-refractivity contribution in [2.24, 2.45) is 0 Å². The molecule has 0 bridgehead atoms. The van der Waals surface area contributed by atoms with Crippen LogP contribution in [-0.4, -0.2) is 32.6 Å². The van der Waals surface area contributed by atoms with E-state index in [2.05, 4.69) is 11.9 Å². The lowest BCUT2D eigenvalue weighted by Crippen LogP contribution is -2.29. The number of carbonyl (C=O) groups is 2. The van der Waals surface area contributed by atoms with Crippen LogP contribution in [0.5, 0.6) is 11.5 Å². The molecule has 1 aliphatic carbocycles. The van der Waals surface area contributed by atoms with Crippen molar-refractivity contribution in [2.75, 3.05) is 20.8 Å². The Morgan fingerprint density at radius 2 is 1.94 bits per heavy atom. The molecule has 0 radical (unpaired) electrons. The fourth-order valence-electron chi connectivity index (χ4n) is 4.23. The average Bonchev–Trinajstić information content (AvgIpc) is 3.08. The first-order valence-corrected chi connectivity index (χ1v) is 10.4. The Balaban J connectivity index is 1.94. The van der Waals surface area contributed by atoms with Crippen LogP contribution in [0.15, 0.2) is 65.9 Å². The zero-order valence-corrected chi connectivity index (χ0v) is 18.7. The SMILES string of the molecule is C=CCOc1c(Cl)cc([C@H]2C(C(=O)OC)=C(C)NC3=C2C(=O)c2ccccc23)cc1OC. The second kappa shape index (κ2) is 8.55. The molecule has 7 heteroatoms. The van der Waals surface area contributed by atoms with Crippen molar-refractivity contribution in [1.82, 2.24) is 5.32 Å². The maximum atomic E-state index is 13.5. The Kier molecular flexibility index (Phi) is 5.80. The van der Waals surface area contributed by atoms with Gasteiger partial charge in [-0.05, 0) is 24.6 Å². The Morgan fingerprint density at radius 1 is 1.22 bits per heavy atom. The van der Waals surface area contributed by atoms with Crippen LogP contribution in [0.1, 0.15) is 34.3 Å². The van der Waals surface area contributed by atoms with E-state index in [9.17, 15) is 9.59 Å². The number of dihydropyridines is 1. The number of hydrogen-bond acceptors (Lipinski definition) is 6. The first-order valence-electron chi connectivity index (χ1n) is 9.98. The fraction of sp³-hybridized carbons (Fsp3) is 0.200. The summed E-state index contributed by atoms with van der Waals surface area (Å²) >= 11 is 6.55. The van der Waals surface area contributed by atoms with Crippen molar-refractivity contribution >= 4 is 29.1 Å². The monoisotopic (exact) mass is 451 g/mol. The highest BCUT2D eigenvalue weighted by Gasteiger charge is 2.43. The number of methoxy groups -OCH3 is 2. The Hall–Kier alpha value is -3.51. The van der Waals surface area contributed by atoms with E-state index in [1.807, 2.05) is 18.2 Å². The van der Waals surface area contributed by atoms with Gasteiger partial charge >= 0.3 is 5.97 Å². The van der Waals surface area contributed by atoms with Crippen molar-refractivity contribution in [3.63, 3.8) is 0 Å². The summed E-state index contributed by atoms with van der Waals surface area (Å²) in [5.41, 5.74) is 4.09.